The Hall–Kier alpha value is -0.860. The summed E-state index contributed by atoms with van der Waals surface area (Å²) in [5.41, 5.74) is 0.166. The SMILES string of the molecule is CC(CC(=O)N(C)C1CCC(=O)CC1)C(C)(C)C. The number of amides is 1. The van der Waals surface area contributed by atoms with Gasteiger partial charge in [-0.15, -0.1) is 0 Å². The first kappa shape index (κ1) is 15.2. The van der Waals surface area contributed by atoms with Crippen molar-refractivity contribution >= 4 is 11.7 Å². The van der Waals surface area contributed by atoms with Crippen molar-refractivity contribution in [1.29, 1.82) is 0 Å². The van der Waals surface area contributed by atoms with Gasteiger partial charge >= 0.3 is 0 Å². The number of hydrogen-bond donors (Lipinski definition) is 0. The molecule has 0 aromatic heterocycles. The lowest BCUT2D eigenvalue weighted by Crippen LogP contribution is -2.40. The first-order valence-corrected chi connectivity index (χ1v) is 6.99. The molecule has 1 aliphatic rings. The third-order valence-electron chi connectivity index (χ3n) is 4.41. The molecule has 3 heteroatoms. The third kappa shape index (κ3) is 4.11. The lowest BCUT2D eigenvalue weighted by molar-refractivity contribution is -0.135. The van der Waals surface area contributed by atoms with Gasteiger partial charge in [-0.05, 0) is 24.2 Å². The van der Waals surface area contributed by atoms with Gasteiger partial charge in [0.25, 0.3) is 0 Å². The Morgan fingerprint density at radius 2 is 1.83 bits per heavy atom. The molecule has 0 aromatic carbocycles. The zero-order valence-electron chi connectivity index (χ0n) is 12.5. The number of carbonyl (C=O) groups excluding carboxylic acids is 2. The molecule has 1 aliphatic carbocycles. The molecule has 1 amide bonds. The van der Waals surface area contributed by atoms with Gasteiger partial charge < -0.3 is 4.90 Å². The van der Waals surface area contributed by atoms with Crippen LogP contribution in [0.2, 0.25) is 0 Å². The van der Waals surface area contributed by atoms with Crippen LogP contribution < -0.4 is 0 Å². The summed E-state index contributed by atoms with van der Waals surface area (Å²) in [6, 6.07) is 0.266. The summed E-state index contributed by atoms with van der Waals surface area (Å²) in [7, 11) is 1.89. The molecule has 1 rings (SSSR count). The molecule has 1 fully saturated rings. The Kier molecular flexibility index (Phi) is 4.94. The van der Waals surface area contributed by atoms with E-state index in [2.05, 4.69) is 27.7 Å². The minimum absolute atomic E-state index is 0.166. The van der Waals surface area contributed by atoms with Crippen molar-refractivity contribution in [3.05, 3.63) is 0 Å². The minimum atomic E-state index is 0.166. The zero-order valence-corrected chi connectivity index (χ0v) is 12.5. The number of rotatable bonds is 3. The van der Waals surface area contributed by atoms with E-state index in [9.17, 15) is 9.59 Å². The Balaban J connectivity index is 2.49. The number of carbonyl (C=O) groups is 2. The lowest BCUT2D eigenvalue weighted by atomic mass is 9.80. The van der Waals surface area contributed by atoms with E-state index in [0.717, 1.165) is 12.8 Å². The van der Waals surface area contributed by atoms with Crippen molar-refractivity contribution in [2.24, 2.45) is 11.3 Å². The van der Waals surface area contributed by atoms with Gasteiger partial charge in [0.15, 0.2) is 0 Å². The first-order chi connectivity index (χ1) is 8.21. The molecule has 104 valence electrons. The fourth-order valence-corrected chi connectivity index (χ4v) is 2.23. The summed E-state index contributed by atoms with van der Waals surface area (Å²) < 4.78 is 0. The second-order valence-electron chi connectivity index (χ2n) is 6.75. The average Bonchev–Trinajstić information content (AvgIpc) is 2.27. The molecule has 0 heterocycles. The van der Waals surface area contributed by atoms with Crippen LogP contribution in [0.1, 0.15) is 59.8 Å². The molecule has 1 saturated carbocycles. The second-order valence-corrected chi connectivity index (χ2v) is 6.75. The summed E-state index contributed by atoms with van der Waals surface area (Å²) in [5, 5.41) is 0. The summed E-state index contributed by atoms with van der Waals surface area (Å²) in [6.07, 6.45) is 3.55. The zero-order chi connectivity index (χ0) is 13.9. The maximum Gasteiger partial charge on any atom is 0.222 e. The van der Waals surface area contributed by atoms with Gasteiger partial charge in [-0.2, -0.15) is 0 Å². The van der Waals surface area contributed by atoms with Crippen molar-refractivity contribution in [3.8, 4) is 0 Å². The van der Waals surface area contributed by atoms with Gasteiger partial charge in [-0.3, -0.25) is 9.59 Å². The van der Waals surface area contributed by atoms with Gasteiger partial charge in [0, 0.05) is 32.4 Å². The molecule has 1 atom stereocenters. The minimum Gasteiger partial charge on any atom is -0.343 e. The predicted molar refractivity (Wildman–Crippen MR) is 73.3 cm³/mol. The van der Waals surface area contributed by atoms with E-state index in [1.807, 2.05) is 11.9 Å². The van der Waals surface area contributed by atoms with Crippen LogP contribution in [0.5, 0.6) is 0 Å². The molecular formula is C15H27NO2. The molecule has 0 spiro atoms. The van der Waals surface area contributed by atoms with Gasteiger partial charge in [0.05, 0.1) is 0 Å². The van der Waals surface area contributed by atoms with E-state index >= 15 is 0 Å². The lowest BCUT2D eigenvalue weighted by Gasteiger charge is -2.33. The van der Waals surface area contributed by atoms with E-state index in [1.54, 1.807) is 0 Å². The van der Waals surface area contributed by atoms with Crippen LogP contribution in [0.25, 0.3) is 0 Å². The fourth-order valence-electron chi connectivity index (χ4n) is 2.23. The van der Waals surface area contributed by atoms with Crippen LogP contribution in [-0.2, 0) is 9.59 Å². The third-order valence-corrected chi connectivity index (χ3v) is 4.41. The molecule has 0 aliphatic heterocycles. The number of hydrogen-bond acceptors (Lipinski definition) is 2. The van der Waals surface area contributed by atoms with Crippen molar-refractivity contribution in [2.75, 3.05) is 7.05 Å². The average molecular weight is 253 g/mol. The van der Waals surface area contributed by atoms with Gasteiger partial charge in [0.1, 0.15) is 5.78 Å². The van der Waals surface area contributed by atoms with Crippen LogP contribution >= 0.6 is 0 Å². The molecule has 0 N–H and O–H groups in total. The highest BCUT2D eigenvalue weighted by Gasteiger charge is 2.28. The van der Waals surface area contributed by atoms with Crippen molar-refractivity contribution in [1.82, 2.24) is 4.90 Å². The van der Waals surface area contributed by atoms with E-state index in [4.69, 9.17) is 0 Å². The molecule has 0 bridgehead atoms. The topological polar surface area (TPSA) is 37.4 Å². The van der Waals surface area contributed by atoms with E-state index in [-0.39, 0.29) is 17.4 Å². The summed E-state index contributed by atoms with van der Waals surface area (Å²) in [5.74, 6) is 0.935. The normalized spacial score (nSPS) is 19.7. The quantitative estimate of drug-likeness (QED) is 0.775. The van der Waals surface area contributed by atoms with Crippen molar-refractivity contribution in [2.45, 2.75) is 65.8 Å². The monoisotopic (exact) mass is 253 g/mol. The molecule has 3 nitrogen and oxygen atoms in total. The summed E-state index contributed by atoms with van der Waals surface area (Å²) >= 11 is 0. The summed E-state index contributed by atoms with van der Waals surface area (Å²) in [6.45, 7) is 8.65. The van der Waals surface area contributed by atoms with Crippen LogP contribution in [0.3, 0.4) is 0 Å². The first-order valence-electron chi connectivity index (χ1n) is 6.99. The highest BCUT2D eigenvalue weighted by Crippen LogP contribution is 2.29. The van der Waals surface area contributed by atoms with Gasteiger partial charge in [-0.25, -0.2) is 0 Å². The highest BCUT2D eigenvalue weighted by molar-refractivity contribution is 5.80. The standard InChI is InChI=1S/C15H27NO2/c1-11(15(2,3)4)10-14(18)16(5)12-6-8-13(17)9-7-12/h11-12H,6-10H2,1-5H3. The highest BCUT2D eigenvalue weighted by atomic mass is 16.2. The Bertz CT molecular complexity index is 307. The van der Waals surface area contributed by atoms with Crippen LogP contribution in [0.4, 0.5) is 0 Å². The molecule has 0 aromatic rings. The van der Waals surface area contributed by atoms with Crippen LogP contribution in [0, 0.1) is 11.3 Å². The van der Waals surface area contributed by atoms with E-state index < -0.39 is 0 Å². The maximum absolute atomic E-state index is 12.2. The van der Waals surface area contributed by atoms with E-state index in [1.165, 1.54) is 0 Å². The molecule has 1 unspecified atom stereocenters. The van der Waals surface area contributed by atoms with Gasteiger partial charge in [0.2, 0.25) is 5.91 Å². The van der Waals surface area contributed by atoms with E-state index in [0.29, 0.717) is 31.0 Å². The molecular weight excluding hydrogens is 226 g/mol. The van der Waals surface area contributed by atoms with Gasteiger partial charge in [-0.1, -0.05) is 27.7 Å². The fraction of sp³-hybridized carbons (Fsp3) is 0.867. The van der Waals surface area contributed by atoms with Crippen LogP contribution in [0.15, 0.2) is 0 Å². The molecule has 0 radical (unpaired) electrons. The Labute approximate surface area is 111 Å². The van der Waals surface area contributed by atoms with Crippen LogP contribution in [-0.4, -0.2) is 29.7 Å². The Morgan fingerprint density at radius 3 is 2.28 bits per heavy atom. The molecule has 18 heavy (non-hydrogen) atoms. The summed E-state index contributed by atoms with van der Waals surface area (Å²) in [4.78, 5) is 25.3. The smallest absolute Gasteiger partial charge is 0.222 e. The second kappa shape index (κ2) is 5.85. The molecule has 0 saturated heterocycles. The van der Waals surface area contributed by atoms with Crippen molar-refractivity contribution in [3.63, 3.8) is 0 Å². The predicted octanol–water partition coefficient (Wildman–Crippen LogP) is 3.03. The number of ketones is 1. The number of Topliss-reactive ketones (excluding diaryl/α,β-unsaturated/α-hetero) is 1. The number of nitrogens with zero attached hydrogens (tertiary/aromatic N) is 1. The Morgan fingerprint density at radius 1 is 1.33 bits per heavy atom. The van der Waals surface area contributed by atoms with Crippen molar-refractivity contribution < 1.29 is 9.59 Å². The maximum atomic E-state index is 12.2. The largest absolute Gasteiger partial charge is 0.343 e.